The van der Waals surface area contributed by atoms with Crippen LogP contribution in [0.4, 0.5) is 10.1 Å². The number of benzene rings is 1. The molecule has 3 atom stereocenters. The van der Waals surface area contributed by atoms with Gasteiger partial charge in [-0.05, 0) is 61.8 Å². The lowest BCUT2D eigenvalue weighted by Crippen LogP contribution is -2.56. The Morgan fingerprint density at radius 2 is 2.18 bits per heavy atom. The van der Waals surface area contributed by atoms with Crippen LogP contribution < -0.4 is 15.8 Å². The largest absolute Gasteiger partial charge is 0.468 e. The first kappa shape index (κ1) is 19.2. The Bertz CT molecular complexity index is 876. The first-order valence-corrected chi connectivity index (χ1v) is 9.90. The van der Waals surface area contributed by atoms with Gasteiger partial charge in [0.25, 0.3) is 0 Å². The molecule has 0 saturated carbocycles. The number of ketones is 1. The molecule has 148 valence electrons. The molecule has 7 heteroatoms. The van der Waals surface area contributed by atoms with E-state index in [1.54, 1.807) is 6.07 Å². The molecule has 2 saturated heterocycles. The first-order chi connectivity index (χ1) is 13.4. The summed E-state index contributed by atoms with van der Waals surface area (Å²) < 4.78 is 18.7. The van der Waals surface area contributed by atoms with Gasteiger partial charge in [0.05, 0.1) is 16.2 Å². The molecule has 2 fully saturated rings. The standard InChI is InChI=1S/C21H23ClFN3O2/c22-15-9-18(24)20(25-11-15)28-12-19(27)21-6-5-17(26-21)8-14(10-21)7-13-1-3-16(23)4-2-13/h1-4,9,11,14,17,26H,5-8,10,12,24H2. The molecule has 2 aliphatic heterocycles. The molecule has 5 nitrogen and oxygen atoms in total. The van der Waals surface area contributed by atoms with Crippen molar-refractivity contribution in [3.05, 3.63) is 52.9 Å². The van der Waals surface area contributed by atoms with E-state index in [0.29, 0.717) is 22.7 Å². The van der Waals surface area contributed by atoms with Crippen molar-refractivity contribution < 1.29 is 13.9 Å². The van der Waals surface area contributed by atoms with Gasteiger partial charge in [-0.25, -0.2) is 9.37 Å². The normalized spacial score (nSPS) is 26.2. The number of Topliss-reactive ketones (excluding diaryl/α,β-unsaturated/α-hetero) is 1. The van der Waals surface area contributed by atoms with Crippen LogP contribution in [0.25, 0.3) is 0 Å². The smallest absolute Gasteiger partial charge is 0.237 e. The summed E-state index contributed by atoms with van der Waals surface area (Å²) in [7, 11) is 0. The molecule has 4 rings (SSSR count). The summed E-state index contributed by atoms with van der Waals surface area (Å²) in [6, 6.07) is 8.52. The molecule has 2 aromatic rings. The molecule has 3 heterocycles. The van der Waals surface area contributed by atoms with Gasteiger partial charge in [0.1, 0.15) is 5.82 Å². The SMILES string of the molecule is Nc1cc(Cl)cnc1OCC(=O)C12CCC(CC(Cc3ccc(F)cc3)C1)N2. The van der Waals surface area contributed by atoms with Gasteiger partial charge in [-0.2, -0.15) is 0 Å². The number of aromatic nitrogens is 1. The third kappa shape index (κ3) is 3.98. The van der Waals surface area contributed by atoms with Gasteiger partial charge < -0.3 is 15.8 Å². The van der Waals surface area contributed by atoms with Crippen molar-refractivity contribution in [1.82, 2.24) is 10.3 Å². The number of pyridine rings is 1. The number of nitrogens with two attached hydrogens (primary N) is 1. The fourth-order valence-electron chi connectivity index (χ4n) is 4.55. The second kappa shape index (κ2) is 7.68. The number of piperidine rings is 1. The number of halogens is 2. The number of anilines is 1. The predicted octanol–water partition coefficient (Wildman–Crippen LogP) is 3.55. The van der Waals surface area contributed by atoms with Gasteiger partial charge in [0, 0.05) is 12.2 Å². The average Bonchev–Trinajstić information content (AvgIpc) is 2.98. The van der Waals surface area contributed by atoms with Gasteiger partial charge in [-0.3, -0.25) is 4.79 Å². The van der Waals surface area contributed by atoms with E-state index < -0.39 is 5.54 Å². The molecule has 0 aliphatic carbocycles. The first-order valence-electron chi connectivity index (χ1n) is 9.53. The zero-order valence-corrected chi connectivity index (χ0v) is 16.2. The summed E-state index contributed by atoms with van der Waals surface area (Å²) in [6.07, 6.45) is 5.86. The number of nitrogen functional groups attached to an aromatic ring is 1. The minimum Gasteiger partial charge on any atom is -0.468 e. The van der Waals surface area contributed by atoms with E-state index >= 15 is 0 Å². The summed E-state index contributed by atoms with van der Waals surface area (Å²) in [5.41, 5.74) is 6.71. The molecule has 28 heavy (non-hydrogen) atoms. The maximum Gasteiger partial charge on any atom is 0.237 e. The highest BCUT2D eigenvalue weighted by atomic mass is 35.5. The lowest BCUT2D eigenvalue weighted by atomic mass is 9.78. The zero-order chi connectivity index (χ0) is 19.7. The number of carbonyl (C=O) groups excluding carboxylic acids is 1. The van der Waals surface area contributed by atoms with Crippen LogP contribution in [0.1, 0.15) is 31.2 Å². The van der Waals surface area contributed by atoms with Crippen LogP contribution in [0, 0.1) is 11.7 Å². The van der Waals surface area contributed by atoms with Crippen LogP contribution in [-0.2, 0) is 11.2 Å². The van der Waals surface area contributed by atoms with E-state index in [9.17, 15) is 9.18 Å². The number of hydrogen-bond acceptors (Lipinski definition) is 5. The number of fused-ring (bicyclic) bond motifs is 2. The van der Waals surface area contributed by atoms with Crippen LogP contribution in [0.2, 0.25) is 5.02 Å². The van der Waals surface area contributed by atoms with Crippen molar-refractivity contribution in [3.63, 3.8) is 0 Å². The van der Waals surface area contributed by atoms with Crippen LogP contribution >= 0.6 is 11.6 Å². The number of ether oxygens (including phenoxy) is 1. The summed E-state index contributed by atoms with van der Waals surface area (Å²) in [5.74, 6) is 0.396. The summed E-state index contributed by atoms with van der Waals surface area (Å²) in [6.45, 7) is -0.0815. The number of carbonyl (C=O) groups is 1. The van der Waals surface area contributed by atoms with E-state index in [2.05, 4.69) is 10.3 Å². The van der Waals surface area contributed by atoms with Crippen molar-refractivity contribution >= 4 is 23.1 Å². The van der Waals surface area contributed by atoms with E-state index in [1.165, 1.54) is 18.3 Å². The van der Waals surface area contributed by atoms with Crippen LogP contribution in [0.3, 0.4) is 0 Å². The van der Waals surface area contributed by atoms with Crippen molar-refractivity contribution in [2.75, 3.05) is 12.3 Å². The van der Waals surface area contributed by atoms with Gasteiger partial charge in [-0.15, -0.1) is 0 Å². The highest BCUT2D eigenvalue weighted by Gasteiger charge is 2.49. The summed E-state index contributed by atoms with van der Waals surface area (Å²) in [5, 5.41) is 3.95. The molecular weight excluding hydrogens is 381 g/mol. The van der Waals surface area contributed by atoms with E-state index in [0.717, 1.165) is 37.7 Å². The molecular formula is C21H23ClFN3O2. The molecule has 3 N–H and O–H groups in total. The van der Waals surface area contributed by atoms with Gasteiger partial charge >= 0.3 is 0 Å². The Kier molecular flexibility index (Phi) is 5.25. The molecule has 2 aliphatic rings. The summed E-state index contributed by atoms with van der Waals surface area (Å²) in [4.78, 5) is 17.1. The maximum atomic E-state index is 13.2. The Morgan fingerprint density at radius 1 is 1.39 bits per heavy atom. The second-order valence-electron chi connectivity index (χ2n) is 7.86. The zero-order valence-electron chi connectivity index (χ0n) is 15.5. The molecule has 0 spiro atoms. The van der Waals surface area contributed by atoms with Crippen molar-refractivity contribution in [1.29, 1.82) is 0 Å². The Balaban J connectivity index is 1.42. The highest BCUT2D eigenvalue weighted by Crippen LogP contribution is 2.41. The topological polar surface area (TPSA) is 77.2 Å². The van der Waals surface area contributed by atoms with E-state index in [4.69, 9.17) is 22.1 Å². The van der Waals surface area contributed by atoms with Crippen molar-refractivity contribution in [2.45, 2.75) is 43.7 Å². The van der Waals surface area contributed by atoms with Crippen LogP contribution in [0.15, 0.2) is 36.5 Å². The number of nitrogens with one attached hydrogen (secondary N) is 1. The second-order valence-corrected chi connectivity index (χ2v) is 8.29. The fraction of sp³-hybridized carbons (Fsp3) is 0.429. The number of rotatable bonds is 6. The third-order valence-corrected chi connectivity index (χ3v) is 6.02. The number of nitrogens with zero attached hydrogens (tertiary/aromatic N) is 1. The average molecular weight is 404 g/mol. The minimum absolute atomic E-state index is 0.0231. The lowest BCUT2D eigenvalue weighted by Gasteiger charge is -2.38. The van der Waals surface area contributed by atoms with Gasteiger partial charge in [-0.1, -0.05) is 23.7 Å². The Morgan fingerprint density at radius 3 is 2.93 bits per heavy atom. The van der Waals surface area contributed by atoms with Crippen molar-refractivity contribution in [3.8, 4) is 5.88 Å². The molecule has 0 amide bonds. The lowest BCUT2D eigenvalue weighted by molar-refractivity contribution is -0.128. The molecule has 1 aromatic carbocycles. The van der Waals surface area contributed by atoms with Crippen molar-refractivity contribution in [2.24, 2.45) is 5.92 Å². The van der Waals surface area contributed by atoms with Crippen LogP contribution in [-0.4, -0.2) is 29.0 Å². The summed E-state index contributed by atoms with van der Waals surface area (Å²) >= 11 is 5.85. The molecule has 0 radical (unpaired) electrons. The Hall–Kier alpha value is -2.18. The van der Waals surface area contributed by atoms with E-state index in [-0.39, 0.29) is 24.1 Å². The molecule has 2 bridgehead atoms. The minimum atomic E-state index is -0.561. The predicted molar refractivity (Wildman–Crippen MR) is 106 cm³/mol. The monoisotopic (exact) mass is 403 g/mol. The maximum absolute atomic E-state index is 13.2. The van der Waals surface area contributed by atoms with E-state index in [1.807, 2.05) is 12.1 Å². The molecule has 3 unspecified atom stereocenters. The van der Waals surface area contributed by atoms with Crippen LogP contribution in [0.5, 0.6) is 5.88 Å². The van der Waals surface area contributed by atoms with Gasteiger partial charge in [0.15, 0.2) is 12.4 Å². The third-order valence-electron chi connectivity index (χ3n) is 5.81. The highest BCUT2D eigenvalue weighted by molar-refractivity contribution is 6.30. The molecule has 1 aromatic heterocycles. The quantitative estimate of drug-likeness (QED) is 0.771. The number of hydrogen-bond donors (Lipinski definition) is 2. The Labute approximate surface area is 168 Å². The fourth-order valence-corrected chi connectivity index (χ4v) is 4.72. The van der Waals surface area contributed by atoms with Gasteiger partial charge in [0.2, 0.25) is 5.88 Å².